The Morgan fingerprint density at radius 1 is 1.18 bits per heavy atom. The van der Waals surface area contributed by atoms with Crippen molar-refractivity contribution in [2.45, 2.75) is 18.9 Å². The Balaban J connectivity index is 2.77. The summed E-state index contributed by atoms with van der Waals surface area (Å²) in [6.45, 7) is 0. The summed E-state index contributed by atoms with van der Waals surface area (Å²) in [4.78, 5) is 21.5. The van der Waals surface area contributed by atoms with E-state index < -0.39 is 23.9 Å². The van der Waals surface area contributed by atoms with Gasteiger partial charge >= 0.3 is 11.9 Å². The van der Waals surface area contributed by atoms with Crippen LogP contribution in [0.3, 0.4) is 0 Å². The van der Waals surface area contributed by atoms with E-state index in [9.17, 15) is 9.59 Å². The topological polar surface area (TPSA) is 101 Å². The third kappa shape index (κ3) is 4.24. The van der Waals surface area contributed by atoms with Crippen molar-refractivity contribution in [1.82, 2.24) is 0 Å². The van der Waals surface area contributed by atoms with Crippen molar-refractivity contribution >= 4 is 11.9 Å². The Hall–Kier alpha value is -1.88. The molecule has 0 radical (unpaired) electrons. The van der Waals surface area contributed by atoms with Crippen LogP contribution in [0.5, 0.6) is 0 Å². The number of benzene rings is 1. The fourth-order valence-electron chi connectivity index (χ4n) is 1.67. The zero-order valence-corrected chi connectivity index (χ0v) is 9.24. The SMILES string of the molecule is N[C@H](C(=O)O)[C@@H](CC(=O)O)Cc1ccccc1. The largest absolute Gasteiger partial charge is 0.481 e. The van der Waals surface area contributed by atoms with Crippen LogP contribution in [-0.4, -0.2) is 28.2 Å². The summed E-state index contributed by atoms with van der Waals surface area (Å²) < 4.78 is 0. The maximum absolute atomic E-state index is 10.8. The minimum atomic E-state index is -1.17. The van der Waals surface area contributed by atoms with Gasteiger partial charge in [0.2, 0.25) is 0 Å². The molecular weight excluding hydrogens is 222 g/mol. The van der Waals surface area contributed by atoms with Gasteiger partial charge in [-0.25, -0.2) is 0 Å². The highest BCUT2D eigenvalue weighted by Gasteiger charge is 2.26. The molecule has 5 nitrogen and oxygen atoms in total. The summed E-state index contributed by atoms with van der Waals surface area (Å²) in [7, 11) is 0. The molecule has 0 saturated heterocycles. The van der Waals surface area contributed by atoms with E-state index in [0.717, 1.165) is 5.56 Å². The van der Waals surface area contributed by atoms with E-state index >= 15 is 0 Å². The molecule has 2 atom stereocenters. The Labute approximate surface area is 98.9 Å². The summed E-state index contributed by atoms with van der Waals surface area (Å²) in [5.41, 5.74) is 6.38. The van der Waals surface area contributed by atoms with Crippen LogP contribution in [0.2, 0.25) is 0 Å². The molecule has 0 aliphatic rings. The van der Waals surface area contributed by atoms with E-state index in [0.29, 0.717) is 6.42 Å². The molecule has 0 spiro atoms. The molecule has 0 amide bonds. The fraction of sp³-hybridized carbons (Fsp3) is 0.333. The van der Waals surface area contributed by atoms with E-state index in [2.05, 4.69) is 0 Å². The Kier molecular flexibility index (Phi) is 4.66. The van der Waals surface area contributed by atoms with Gasteiger partial charge in [0.1, 0.15) is 6.04 Å². The van der Waals surface area contributed by atoms with E-state index in [1.807, 2.05) is 30.3 Å². The molecule has 17 heavy (non-hydrogen) atoms. The van der Waals surface area contributed by atoms with E-state index in [4.69, 9.17) is 15.9 Å². The maximum Gasteiger partial charge on any atom is 0.320 e. The fourth-order valence-corrected chi connectivity index (χ4v) is 1.67. The summed E-state index contributed by atoms with van der Waals surface area (Å²) in [6, 6.07) is 7.96. The summed E-state index contributed by atoms with van der Waals surface area (Å²) >= 11 is 0. The van der Waals surface area contributed by atoms with Gasteiger partial charge in [-0.3, -0.25) is 9.59 Å². The molecule has 1 aromatic carbocycles. The summed E-state index contributed by atoms with van der Waals surface area (Å²) in [5, 5.41) is 17.6. The van der Waals surface area contributed by atoms with Gasteiger partial charge in [-0.2, -0.15) is 0 Å². The zero-order chi connectivity index (χ0) is 12.8. The number of nitrogens with two attached hydrogens (primary N) is 1. The second-order valence-corrected chi connectivity index (χ2v) is 3.91. The van der Waals surface area contributed by atoms with Crippen LogP contribution in [-0.2, 0) is 16.0 Å². The van der Waals surface area contributed by atoms with Gasteiger partial charge in [-0.1, -0.05) is 30.3 Å². The van der Waals surface area contributed by atoms with Gasteiger partial charge in [0.25, 0.3) is 0 Å². The molecule has 92 valence electrons. The van der Waals surface area contributed by atoms with Gasteiger partial charge in [-0.15, -0.1) is 0 Å². The van der Waals surface area contributed by atoms with Crippen molar-refractivity contribution in [1.29, 1.82) is 0 Å². The van der Waals surface area contributed by atoms with Crippen LogP contribution >= 0.6 is 0 Å². The number of carboxylic acids is 2. The van der Waals surface area contributed by atoms with Gasteiger partial charge in [-0.05, 0) is 17.9 Å². The predicted molar refractivity (Wildman–Crippen MR) is 61.5 cm³/mol. The lowest BCUT2D eigenvalue weighted by molar-refractivity contribution is -0.142. The van der Waals surface area contributed by atoms with Crippen LogP contribution in [0.1, 0.15) is 12.0 Å². The Bertz CT molecular complexity index is 391. The molecule has 0 aromatic heterocycles. The third-order valence-electron chi connectivity index (χ3n) is 2.57. The van der Waals surface area contributed by atoms with Gasteiger partial charge in [0.05, 0.1) is 6.42 Å². The van der Waals surface area contributed by atoms with E-state index in [1.165, 1.54) is 0 Å². The molecule has 0 aliphatic heterocycles. The molecule has 1 aromatic rings. The maximum atomic E-state index is 10.8. The first-order valence-corrected chi connectivity index (χ1v) is 5.25. The molecule has 0 unspecified atom stereocenters. The monoisotopic (exact) mass is 237 g/mol. The second-order valence-electron chi connectivity index (χ2n) is 3.91. The zero-order valence-electron chi connectivity index (χ0n) is 9.24. The molecule has 0 saturated carbocycles. The number of hydrogen-bond donors (Lipinski definition) is 3. The third-order valence-corrected chi connectivity index (χ3v) is 2.57. The molecule has 0 heterocycles. The van der Waals surface area contributed by atoms with Crippen LogP contribution in [0.25, 0.3) is 0 Å². The van der Waals surface area contributed by atoms with Crippen molar-refractivity contribution in [2.24, 2.45) is 11.7 Å². The number of carbonyl (C=O) groups is 2. The van der Waals surface area contributed by atoms with Crippen molar-refractivity contribution in [2.75, 3.05) is 0 Å². The highest BCUT2D eigenvalue weighted by molar-refractivity contribution is 5.75. The molecule has 5 heteroatoms. The first-order valence-electron chi connectivity index (χ1n) is 5.25. The number of hydrogen-bond acceptors (Lipinski definition) is 3. The first kappa shape index (κ1) is 13.2. The highest BCUT2D eigenvalue weighted by Crippen LogP contribution is 2.15. The van der Waals surface area contributed by atoms with Crippen LogP contribution < -0.4 is 5.73 Å². The van der Waals surface area contributed by atoms with Crippen LogP contribution in [0.15, 0.2) is 30.3 Å². The predicted octanol–water partition coefficient (Wildman–Crippen LogP) is 0.732. The van der Waals surface area contributed by atoms with Crippen molar-refractivity contribution < 1.29 is 19.8 Å². The van der Waals surface area contributed by atoms with Gasteiger partial charge in [0, 0.05) is 0 Å². The van der Waals surface area contributed by atoms with E-state index in [1.54, 1.807) is 0 Å². The van der Waals surface area contributed by atoms with Crippen molar-refractivity contribution in [3.63, 3.8) is 0 Å². The molecule has 0 bridgehead atoms. The van der Waals surface area contributed by atoms with Crippen LogP contribution in [0.4, 0.5) is 0 Å². The lowest BCUT2D eigenvalue weighted by Gasteiger charge is -2.18. The summed E-state index contributed by atoms with van der Waals surface area (Å²) in [5.74, 6) is -2.82. The minimum absolute atomic E-state index is 0.248. The Morgan fingerprint density at radius 2 is 1.76 bits per heavy atom. The normalized spacial score (nSPS) is 13.9. The first-order chi connectivity index (χ1) is 8.00. The Morgan fingerprint density at radius 3 is 2.24 bits per heavy atom. The van der Waals surface area contributed by atoms with Crippen molar-refractivity contribution in [3.05, 3.63) is 35.9 Å². The molecule has 0 aliphatic carbocycles. The highest BCUT2D eigenvalue weighted by atomic mass is 16.4. The van der Waals surface area contributed by atoms with Gasteiger partial charge < -0.3 is 15.9 Å². The smallest absolute Gasteiger partial charge is 0.320 e. The second kappa shape index (κ2) is 6.00. The minimum Gasteiger partial charge on any atom is -0.481 e. The quantitative estimate of drug-likeness (QED) is 0.677. The standard InChI is InChI=1S/C12H15NO4/c13-11(12(16)17)9(7-10(14)15)6-8-4-2-1-3-5-8/h1-5,9,11H,6-7,13H2,(H,14,15)(H,16,17)/t9-,11+/m1/s1. The van der Waals surface area contributed by atoms with Crippen molar-refractivity contribution in [3.8, 4) is 0 Å². The van der Waals surface area contributed by atoms with E-state index in [-0.39, 0.29) is 6.42 Å². The van der Waals surface area contributed by atoms with Crippen LogP contribution in [0, 0.1) is 5.92 Å². The molecule has 0 fully saturated rings. The number of aliphatic carboxylic acids is 2. The lowest BCUT2D eigenvalue weighted by atomic mass is 9.90. The number of carboxylic acid groups (broad SMARTS) is 2. The molecule has 4 N–H and O–H groups in total. The van der Waals surface area contributed by atoms with Gasteiger partial charge in [0.15, 0.2) is 0 Å². The number of rotatable bonds is 6. The summed E-state index contributed by atoms with van der Waals surface area (Å²) in [6.07, 6.45) is 0.100. The average Bonchev–Trinajstić information content (AvgIpc) is 2.28. The lowest BCUT2D eigenvalue weighted by Crippen LogP contribution is -2.40. The molecular formula is C12H15NO4. The average molecular weight is 237 g/mol. The molecule has 1 rings (SSSR count).